The van der Waals surface area contributed by atoms with Gasteiger partial charge in [0, 0.05) is 31.0 Å². The summed E-state index contributed by atoms with van der Waals surface area (Å²) in [5.41, 5.74) is 1.10. The topological polar surface area (TPSA) is 92.2 Å². The molecule has 1 amide bonds. The van der Waals surface area contributed by atoms with Crippen molar-refractivity contribution in [2.24, 2.45) is 0 Å². The third-order valence-corrected chi connectivity index (χ3v) is 5.01. The van der Waals surface area contributed by atoms with Crippen LogP contribution in [-0.2, 0) is 9.59 Å². The zero-order valence-corrected chi connectivity index (χ0v) is 17.5. The van der Waals surface area contributed by atoms with Gasteiger partial charge in [-0.1, -0.05) is 0 Å². The van der Waals surface area contributed by atoms with Gasteiger partial charge in [-0.3, -0.25) is 14.6 Å². The zero-order chi connectivity index (χ0) is 21.8. The number of carbonyl (C=O) groups excluding carboxylic acids is 2. The van der Waals surface area contributed by atoms with Crippen LogP contribution in [0.4, 0.5) is 0 Å². The number of carbonyl (C=O) groups is 2. The van der Waals surface area contributed by atoms with Crippen molar-refractivity contribution in [1.29, 1.82) is 0 Å². The monoisotopic (exact) mass is 411 g/mol. The Morgan fingerprint density at radius 3 is 2.37 bits per heavy atom. The number of nitrogens with zero attached hydrogens (tertiary/aromatic N) is 3. The third kappa shape index (κ3) is 3.99. The highest BCUT2D eigenvalue weighted by Crippen LogP contribution is 2.40. The number of ketones is 1. The quantitative estimate of drug-likeness (QED) is 0.424. The molecule has 2 aromatic rings. The van der Waals surface area contributed by atoms with E-state index in [2.05, 4.69) is 4.98 Å². The van der Waals surface area contributed by atoms with Gasteiger partial charge in [0.2, 0.25) is 0 Å². The summed E-state index contributed by atoms with van der Waals surface area (Å²) in [6, 6.07) is 7.60. The number of ether oxygens (including phenoxy) is 2. The molecule has 0 radical (unpaired) electrons. The molecule has 1 aliphatic rings. The molecule has 1 aromatic heterocycles. The first-order chi connectivity index (χ1) is 14.4. The Labute approximate surface area is 175 Å². The zero-order valence-electron chi connectivity index (χ0n) is 17.5. The van der Waals surface area contributed by atoms with Crippen LogP contribution < -0.4 is 9.47 Å². The van der Waals surface area contributed by atoms with E-state index in [-0.39, 0.29) is 11.3 Å². The fourth-order valence-corrected chi connectivity index (χ4v) is 3.45. The second-order valence-corrected chi connectivity index (χ2v) is 7.15. The van der Waals surface area contributed by atoms with Gasteiger partial charge >= 0.3 is 0 Å². The Hall–Kier alpha value is -3.39. The van der Waals surface area contributed by atoms with Gasteiger partial charge in [0.1, 0.15) is 5.76 Å². The molecule has 0 aliphatic carbocycles. The molecule has 8 heteroatoms. The lowest BCUT2D eigenvalue weighted by Gasteiger charge is -2.26. The van der Waals surface area contributed by atoms with E-state index in [1.807, 2.05) is 19.0 Å². The van der Waals surface area contributed by atoms with Gasteiger partial charge < -0.3 is 24.4 Å². The van der Waals surface area contributed by atoms with E-state index in [0.717, 1.165) is 0 Å². The first-order valence-electron chi connectivity index (χ1n) is 9.44. The van der Waals surface area contributed by atoms with E-state index in [0.29, 0.717) is 35.7 Å². The lowest BCUT2D eigenvalue weighted by molar-refractivity contribution is -0.140. The minimum Gasteiger partial charge on any atom is -0.507 e. The van der Waals surface area contributed by atoms with Gasteiger partial charge in [0.05, 0.1) is 25.8 Å². The first-order valence-corrected chi connectivity index (χ1v) is 9.44. The number of aliphatic hydroxyl groups is 1. The van der Waals surface area contributed by atoms with Gasteiger partial charge in [0.15, 0.2) is 11.5 Å². The Morgan fingerprint density at radius 1 is 1.10 bits per heavy atom. The van der Waals surface area contributed by atoms with Crippen LogP contribution in [0, 0.1) is 0 Å². The molecule has 30 heavy (non-hydrogen) atoms. The summed E-state index contributed by atoms with van der Waals surface area (Å²) in [5, 5.41) is 11.1. The Kier molecular flexibility index (Phi) is 6.37. The van der Waals surface area contributed by atoms with Crippen molar-refractivity contribution >= 4 is 17.4 Å². The number of likely N-dealkylation sites (N-methyl/N-ethyl adjacent to an activating group) is 1. The van der Waals surface area contributed by atoms with Crippen LogP contribution >= 0.6 is 0 Å². The van der Waals surface area contributed by atoms with Gasteiger partial charge in [0.25, 0.3) is 11.7 Å². The lowest BCUT2D eigenvalue weighted by atomic mass is 9.96. The average molecular weight is 411 g/mol. The number of hydrogen-bond acceptors (Lipinski definition) is 7. The largest absolute Gasteiger partial charge is 0.507 e. The van der Waals surface area contributed by atoms with Crippen LogP contribution in [-0.4, -0.2) is 73.0 Å². The molecule has 158 valence electrons. The Balaban J connectivity index is 2.14. The molecular formula is C22H25N3O5. The normalized spacial score (nSPS) is 18.2. The maximum absolute atomic E-state index is 12.9. The van der Waals surface area contributed by atoms with E-state index in [1.54, 1.807) is 42.7 Å². The van der Waals surface area contributed by atoms with E-state index in [4.69, 9.17) is 9.47 Å². The maximum atomic E-state index is 12.9. The van der Waals surface area contributed by atoms with Crippen molar-refractivity contribution in [1.82, 2.24) is 14.8 Å². The summed E-state index contributed by atoms with van der Waals surface area (Å²) in [7, 11) is 6.78. The number of aliphatic hydroxyl groups excluding tert-OH is 1. The molecule has 0 saturated carbocycles. The smallest absolute Gasteiger partial charge is 0.295 e. The fourth-order valence-electron chi connectivity index (χ4n) is 3.45. The van der Waals surface area contributed by atoms with Crippen molar-refractivity contribution in [3.8, 4) is 11.5 Å². The number of hydrogen-bond donors (Lipinski definition) is 1. The summed E-state index contributed by atoms with van der Waals surface area (Å²) < 4.78 is 10.5. The lowest BCUT2D eigenvalue weighted by Crippen LogP contribution is -2.35. The summed E-state index contributed by atoms with van der Waals surface area (Å²) in [6.07, 6.45) is 3.19. The highest BCUT2D eigenvalue weighted by atomic mass is 16.5. The van der Waals surface area contributed by atoms with Gasteiger partial charge in [-0.25, -0.2) is 0 Å². The van der Waals surface area contributed by atoms with E-state index < -0.39 is 17.7 Å². The summed E-state index contributed by atoms with van der Waals surface area (Å²) >= 11 is 0. The molecule has 1 fully saturated rings. The predicted molar refractivity (Wildman–Crippen MR) is 111 cm³/mol. The van der Waals surface area contributed by atoms with Crippen LogP contribution in [0.1, 0.15) is 17.2 Å². The van der Waals surface area contributed by atoms with Crippen molar-refractivity contribution in [3.05, 3.63) is 59.4 Å². The highest BCUT2D eigenvalue weighted by molar-refractivity contribution is 6.46. The van der Waals surface area contributed by atoms with Crippen molar-refractivity contribution in [3.63, 3.8) is 0 Å². The standard InChI is InChI=1S/C22H25N3O5/c1-24(2)11-12-25-19(14-7-9-23-10-8-14)18(21(27)22(25)28)20(26)15-5-6-16(29-3)17(13-15)30-4/h5-10,13,19,26H,11-12H2,1-4H3/t19-/m0/s1. The van der Waals surface area contributed by atoms with Crippen molar-refractivity contribution in [2.45, 2.75) is 6.04 Å². The number of pyridine rings is 1. The van der Waals surface area contributed by atoms with Crippen LogP contribution in [0.25, 0.3) is 5.76 Å². The minimum atomic E-state index is -0.720. The predicted octanol–water partition coefficient (Wildman–Crippen LogP) is 2.08. The molecule has 0 spiro atoms. The summed E-state index contributed by atoms with van der Waals surface area (Å²) in [5.74, 6) is -0.720. The van der Waals surface area contributed by atoms with Crippen LogP contribution in [0.3, 0.4) is 0 Å². The Bertz CT molecular complexity index is 972. The highest BCUT2D eigenvalue weighted by Gasteiger charge is 2.45. The molecule has 1 atom stereocenters. The molecule has 1 aliphatic heterocycles. The van der Waals surface area contributed by atoms with Crippen LogP contribution in [0.5, 0.6) is 11.5 Å². The molecule has 8 nitrogen and oxygen atoms in total. The molecule has 1 aromatic carbocycles. The number of aromatic nitrogens is 1. The molecule has 0 bridgehead atoms. The number of amides is 1. The molecule has 0 unspecified atom stereocenters. The SMILES string of the molecule is COc1ccc(C(O)=C2C(=O)C(=O)N(CCN(C)C)[C@H]2c2ccncc2)cc1OC. The maximum Gasteiger partial charge on any atom is 0.295 e. The average Bonchev–Trinajstić information content (AvgIpc) is 3.01. The van der Waals surface area contributed by atoms with Crippen molar-refractivity contribution < 1.29 is 24.2 Å². The van der Waals surface area contributed by atoms with Gasteiger partial charge in [-0.15, -0.1) is 0 Å². The fraction of sp³-hybridized carbons (Fsp3) is 0.318. The second-order valence-electron chi connectivity index (χ2n) is 7.15. The minimum absolute atomic E-state index is 0.0391. The summed E-state index contributed by atoms with van der Waals surface area (Å²) in [6.45, 7) is 0.915. The number of Topliss-reactive ketones (excluding diaryl/α,β-unsaturated/α-hetero) is 1. The molecule has 2 heterocycles. The van der Waals surface area contributed by atoms with E-state index in [1.165, 1.54) is 19.1 Å². The van der Waals surface area contributed by atoms with Crippen LogP contribution in [0.15, 0.2) is 48.3 Å². The number of likely N-dealkylation sites (tertiary alicyclic amines) is 1. The molecule has 1 saturated heterocycles. The van der Waals surface area contributed by atoms with E-state index >= 15 is 0 Å². The van der Waals surface area contributed by atoms with Gasteiger partial charge in [-0.05, 0) is 50.0 Å². The number of rotatable bonds is 7. The number of benzene rings is 1. The Morgan fingerprint density at radius 2 is 1.77 bits per heavy atom. The van der Waals surface area contributed by atoms with Crippen molar-refractivity contribution in [2.75, 3.05) is 41.4 Å². The first kappa shape index (κ1) is 21.3. The second kappa shape index (κ2) is 8.96. The number of methoxy groups -OCH3 is 2. The van der Waals surface area contributed by atoms with Crippen LogP contribution in [0.2, 0.25) is 0 Å². The molecule has 3 rings (SSSR count). The third-order valence-electron chi connectivity index (χ3n) is 5.01. The van der Waals surface area contributed by atoms with E-state index in [9.17, 15) is 14.7 Å². The molecular weight excluding hydrogens is 386 g/mol. The molecule has 1 N–H and O–H groups in total. The summed E-state index contributed by atoms with van der Waals surface area (Å²) in [4.78, 5) is 33.2. The van der Waals surface area contributed by atoms with Gasteiger partial charge in [-0.2, -0.15) is 0 Å².